The van der Waals surface area contributed by atoms with Gasteiger partial charge in [0.15, 0.2) is 0 Å². The summed E-state index contributed by atoms with van der Waals surface area (Å²) in [5, 5.41) is 12.2. The Morgan fingerprint density at radius 1 is 1.23 bits per heavy atom. The third kappa shape index (κ3) is 4.91. The number of ether oxygens (including phenoxy) is 1. The highest BCUT2D eigenvalue weighted by Crippen LogP contribution is 2.28. The lowest BCUT2D eigenvalue weighted by Gasteiger charge is -2.25. The zero-order valence-electron chi connectivity index (χ0n) is 12.3. The Kier molecular flexibility index (Phi) is 6.07. The number of benzene rings is 1. The highest BCUT2D eigenvalue weighted by atomic mass is 35.5. The Balaban J connectivity index is 1.66. The lowest BCUT2D eigenvalue weighted by molar-refractivity contribution is -0.143. The molecule has 0 radical (unpaired) electrons. The van der Waals surface area contributed by atoms with E-state index in [4.69, 9.17) is 21.4 Å². The summed E-state index contributed by atoms with van der Waals surface area (Å²) in [7, 11) is 0. The predicted octanol–water partition coefficient (Wildman–Crippen LogP) is 3.46. The van der Waals surface area contributed by atoms with Crippen molar-refractivity contribution in [2.24, 2.45) is 11.8 Å². The highest BCUT2D eigenvalue weighted by molar-refractivity contribution is 6.31. The van der Waals surface area contributed by atoms with Crippen molar-refractivity contribution in [1.29, 1.82) is 0 Å². The number of rotatable bonds is 5. The van der Waals surface area contributed by atoms with E-state index in [-0.39, 0.29) is 12.5 Å². The van der Waals surface area contributed by atoms with Crippen molar-refractivity contribution >= 4 is 23.7 Å². The van der Waals surface area contributed by atoms with Gasteiger partial charge >= 0.3 is 12.1 Å². The zero-order chi connectivity index (χ0) is 15.9. The third-order valence-electron chi connectivity index (χ3n) is 4.05. The maximum Gasteiger partial charge on any atom is 0.407 e. The first-order valence-corrected chi connectivity index (χ1v) is 7.81. The number of carbonyl (C=O) groups is 2. The highest BCUT2D eigenvalue weighted by Gasteiger charge is 2.26. The van der Waals surface area contributed by atoms with E-state index < -0.39 is 12.1 Å². The van der Waals surface area contributed by atoms with Gasteiger partial charge in [-0.3, -0.25) is 4.79 Å². The molecule has 1 aliphatic rings. The Morgan fingerprint density at radius 2 is 1.91 bits per heavy atom. The number of carboxylic acid groups (broad SMARTS) is 1. The maximum atomic E-state index is 11.7. The van der Waals surface area contributed by atoms with Crippen LogP contribution < -0.4 is 5.32 Å². The molecule has 0 heterocycles. The fourth-order valence-corrected chi connectivity index (χ4v) is 2.84. The van der Waals surface area contributed by atoms with Gasteiger partial charge in [-0.25, -0.2) is 4.79 Å². The molecule has 22 heavy (non-hydrogen) atoms. The molecule has 0 saturated heterocycles. The molecule has 0 atom stereocenters. The van der Waals surface area contributed by atoms with E-state index in [1.165, 1.54) is 0 Å². The first-order chi connectivity index (χ1) is 10.6. The van der Waals surface area contributed by atoms with Crippen LogP contribution in [-0.4, -0.2) is 23.7 Å². The molecule has 5 nitrogen and oxygen atoms in total. The van der Waals surface area contributed by atoms with Gasteiger partial charge in [-0.15, -0.1) is 0 Å². The molecule has 2 N–H and O–H groups in total. The van der Waals surface area contributed by atoms with Gasteiger partial charge in [0.1, 0.15) is 6.61 Å². The minimum absolute atomic E-state index is 0.136. The van der Waals surface area contributed by atoms with Crippen LogP contribution in [-0.2, 0) is 16.1 Å². The van der Waals surface area contributed by atoms with Gasteiger partial charge in [0.25, 0.3) is 0 Å². The summed E-state index contributed by atoms with van der Waals surface area (Å²) in [5.74, 6) is -0.627. The lowest BCUT2D eigenvalue weighted by Crippen LogP contribution is -2.32. The number of nitrogens with one attached hydrogen (secondary N) is 1. The molecule has 0 spiro atoms. The van der Waals surface area contributed by atoms with E-state index in [1.54, 1.807) is 6.07 Å². The number of carboxylic acids is 1. The number of alkyl carbamates (subject to hydrolysis) is 1. The van der Waals surface area contributed by atoms with Crippen LogP contribution in [0.2, 0.25) is 5.02 Å². The molecular weight excluding hydrogens is 306 g/mol. The summed E-state index contributed by atoms with van der Waals surface area (Å²) in [6.07, 6.45) is 2.52. The largest absolute Gasteiger partial charge is 0.481 e. The van der Waals surface area contributed by atoms with Crippen LogP contribution in [0.15, 0.2) is 24.3 Å². The van der Waals surface area contributed by atoms with Crippen LogP contribution >= 0.6 is 11.6 Å². The normalized spacial score (nSPS) is 21.1. The van der Waals surface area contributed by atoms with Gasteiger partial charge < -0.3 is 15.2 Å². The quantitative estimate of drug-likeness (QED) is 0.869. The van der Waals surface area contributed by atoms with Crippen molar-refractivity contribution in [3.05, 3.63) is 34.9 Å². The van der Waals surface area contributed by atoms with Crippen molar-refractivity contribution < 1.29 is 19.4 Å². The fourth-order valence-electron chi connectivity index (χ4n) is 2.65. The van der Waals surface area contributed by atoms with Crippen molar-refractivity contribution in [3.8, 4) is 0 Å². The van der Waals surface area contributed by atoms with E-state index in [2.05, 4.69) is 5.32 Å². The van der Waals surface area contributed by atoms with Crippen LogP contribution in [0.5, 0.6) is 0 Å². The molecule has 0 unspecified atom stereocenters. The molecule has 1 aromatic carbocycles. The Labute approximate surface area is 134 Å². The zero-order valence-corrected chi connectivity index (χ0v) is 13.0. The molecule has 0 aromatic heterocycles. The van der Waals surface area contributed by atoms with Crippen LogP contribution in [0.1, 0.15) is 31.2 Å². The van der Waals surface area contributed by atoms with Gasteiger partial charge in [-0.05, 0) is 37.7 Å². The fraction of sp³-hybridized carbons (Fsp3) is 0.500. The number of carbonyl (C=O) groups excluding carboxylic acids is 1. The van der Waals surface area contributed by atoms with E-state index in [0.29, 0.717) is 30.3 Å². The maximum absolute atomic E-state index is 11.7. The smallest absolute Gasteiger partial charge is 0.407 e. The van der Waals surface area contributed by atoms with E-state index in [1.807, 2.05) is 18.2 Å². The lowest BCUT2D eigenvalue weighted by atomic mass is 9.82. The average Bonchev–Trinajstić information content (AvgIpc) is 2.52. The molecule has 1 aliphatic carbocycles. The Morgan fingerprint density at radius 3 is 2.55 bits per heavy atom. The summed E-state index contributed by atoms with van der Waals surface area (Å²) < 4.78 is 5.13. The SMILES string of the molecule is O=C(NCC1CCC(C(=O)O)CC1)OCc1ccccc1Cl. The number of halogens is 1. The summed E-state index contributed by atoms with van der Waals surface area (Å²) in [6.45, 7) is 0.658. The van der Waals surface area contributed by atoms with Crippen LogP contribution in [0.4, 0.5) is 4.79 Å². The minimum Gasteiger partial charge on any atom is -0.481 e. The second-order valence-corrected chi connectivity index (χ2v) is 6.01. The summed E-state index contributed by atoms with van der Waals surface area (Å²) in [4.78, 5) is 22.5. The predicted molar refractivity (Wildman–Crippen MR) is 82.7 cm³/mol. The van der Waals surface area contributed by atoms with E-state index in [0.717, 1.165) is 18.4 Å². The molecule has 2 rings (SSSR count). The Hall–Kier alpha value is -1.75. The molecule has 1 fully saturated rings. The van der Waals surface area contributed by atoms with Crippen molar-refractivity contribution in [3.63, 3.8) is 0 Å². The van der Waals surface area contributed by atoms with Gasteiger partial charge in [0.05, 0.1) is 5.92 Å². The topological polar surface area (TPSA) is 75.6 Å². The number of aliphatic carboxylic acids is 1. The molecule has 0 bridgehead atoms. The molecule has 120 valence electrons. The number of hydrogen-bond acceptors (Lipinski definition) is 3. The standard InChI is InChI=1S/C16H20ClNO4/c17-14-4-2-1-3-13(14)10-22-16(21)18-9-11-5-7-12(8-6-11)15(19)20/h1-4,11-12H,5-10H2,(H,18,21)(H,19,20). The summed E-state index contributed by atoms with van der Waals surface area (Å²) >= 11 is 5.99. The molecule has 1 amide bonds. The van der Waals surface area contributed by atoms with Crippen LogP contribution in [0.3, 0.4) is 0 Å². The molecule has 1 saturated carbocycles. The van der Waals surface area contributed by atoms with Gasteiger partial charge in [-0.1, -0.05) is 29.8 Å². The number of amides is 1. The van der Waals surface area contributed by atoms with E-state index >= 15 is 0 Å². The van der Waals surface area contributed by atoms with Crippen molar-refractivity contribution in [2.75, 3.05) is 6.54 Å². The van der Waals surface area contributed by atoms with E-state index in [9.17, 15) is 9.59 Å². The summed E-state index contributed by atoms with van der Waals surface area (Å²) in [5.41, 5.74) is 0.765. The van der Waals surface area contributed by atoms with Crippen molar-refractivity contribution in [1.82, 2.24) is 5.32 Å². The van der Waals surface area contributed by atoms with Crippen LogP contribution in [0.25, 0.3) is 0 Å². The molecule has 0 aliphatic heterocycles. The second kappa shape index (κ2) is 8.03. The number of hydrogen-bond donors (Lipinski definition) is 2. The minimum atomic E-state index is -0.717. The average molecular weight is 326 g/mol. The second-order valence-electron chi connectivity index (χ2n) is 5.60. The van der Waals surface area contributed by atoms with Crippen LogP contribution in [0, 0.1) is 11.8 Å². The molecular formula is C16H20ClNO4. The van der Waals surface area contributed by atoms with Gasteiger partial charge in [0.2, 0.25) is 0 Å². The molecule has 6 heteroatoms. The summed E-state index contributed by atoms with van der Waals surface area (Å²) in [6, 6.07) is 7.21. The molecule has 1 aromatic rings. The third-order valence-corrected chi connectivity index (χ3v) is 4.42. The van der Waals surface area contributed by atoms with Crippen molar-refractivity contribution in [2.45, 2.75) is 32.3 Å². The first kappa shape index (κ1) is 16.6. The Bertz CT molecular complexity index is 527. The van der Waals surface area contributed by atoms with Gasteiger partial charge in [0, 0.05) is 17.1 Å². The first-order valence-electron chi connectivity index (χ1n) is 7.43. The monoisotopic (exact) mass is 325 g/mol. The van der Waals surface area contributed by atoms with Gasteiger partial charge in [-0.2, -0.15) is 0 Å².